The van der Waals surface area contributed by atoms with E-state index in [-0.39, 0.29) is 6.54 Å². The Morgan fingerprint density at radius 2 is 1.84 bits per heavy atom. The summed E-state index contributed by atoms with van der Waals surface area (Å²) in [6.07, 6.45) is 0. The summed E-state index contributed by atoms with van der Waals surface area (Å²) < 4.78 is 0. The lowest BCUT2D eigenvalue weighted by atomic mass is 10.1. The Hall–Kier alpha value is -2.29. The number of hydrogen-bond acceptors (Lipinski definition) is 2. The van der Waals surface area contributed by atoms with Crippen molar-refractivity contribution in [2.24, 2.45) is 0 Å². The van der Waals surface area contributed by atoms with Crippen LogP contribution in [0.1, 0.15) is 11.1 Å². The van der Waals surface area contributed by atoms with E-state index in [4.69, 9.17) is 5.11 Å². The number of anilines is 1. The second kappa shape index (κ2) is 6.05. The molecule has 0 amide bonds. The molecule has 2 rings (SSSR count). The average Bonchev–Trinajstić information content (AvgIpc) is 2.39. The highest BCUT2D eigenvalue weighted by Gasteiger charge is 2.11. The van der Waals surface area contributed by atoms with Crippen molar-refractivity contribution in [3.05, 3.63) is 65.7 Å². The topological polar surface area (TPSA) is 40.5 Å². The normalized spacial score (nSPS) is 10.2. The van der Waals surface area contributed by atoms with Crippen molar-refractivity contribution in [1.82, 2.24) is 0 Å². The maximum absolute atomic E-state index is 11.0. The standard InChI is InChI=1S/C16H17NO2/c1-13-6-5-9-15(10-13)17(12-16(18)19)11-14-7-3-2-4-8-14/h2-10H,11-12H2,1H3,(H,18,19). The van der Waals surface area contributed by atoms with Crippen LogP contribution in [-0.2, 0) is 11.3 Å². The molecule has 0 heterocycles. The van der Waals surface area contributed by atoms with Gasteiger partial charge in [0, 0.05) is 12.2 Å². The quantitative estimate of drug-likeness (QED) is 0.892. The Balaban J connectivity index is 2.23. The van der Waals surface area contributed by atoms with Gasteiger partial charge in [0.1, 0.15) is 6.54 Å². The number of carboxylic acid groups (broad SMARTS) is 1. The zero-order chi connectivity index (χ0) is 13.7. The highest BCUT2D eigenvalue weighted by Crippen LogP contribution is 2.18. The third-order valence-electron chi connectivity index (χ3n) is 2.91. The molecule has 0 atom stereocenters. The average molecular weight is 255 g/mol. The third kappa shape index (κ3) is 3.85. The van der Waals surface area contributed by atoms with Gasteiger partial charge in [-0.05, 0) is 30.2 Å². The molecule has 3 nitrogen and oxygen atoms in total. The molecule has 0 radical (unpaired) electrons. The Morgan fingerprint density at radius 1 is 1.11 bits per heavy atom. The van der Waals surface area contributed by atoms with Crippen molar-refractivity contribution in [2.45, 2.75) is 13.5 Å². The summed E-state index contributed by atoms with van der Waals surface area (Å²) in [6.45, 7) is 2.60. The molecule has 2 aromatic carbocycles. The summed E-state index contributed by atoms with van der Waals surface area (Å²) in [6, 6.07) is 17.8. The number of carbonyl (C=O) groups is 1. The number of hydrogen-bond donors (Lipinski definition) is 1. The highest BCUT2D eigenvalue weighted by molar-refractivity contribution is 5.73. The van der Waals surface area contributed by atoms with E-state index >= 15 is 0 Å². The molecule has 2 aromatic rings. The van der Waals surface area contributed by atoms with Gasteiger partial charge in [0.15, 0.2) is 0 Å². The smallest absolute Gasteiger partial charge is 0.323 e. The van der Waals surface area contributed by atoms with Gasteiger partial charge in [-0.2, -0.15) is 0 Å². The minimum Gasteiger partial charge on any atom is -0.480 e. The molecule has 1 N–H and O–H groups in total. The van der Waals surface area contributed by atoms with Crippen LogP contribution in [0.4, 0.5) is 5.69 Å². The lowest BCUT2D eigenvalue weighted by molar-refractivity contribution is -0.135. The van der Waals surface area contributed by atoms with Gasteiger partial charge in [-0.1, -0.05) is 42.5 Å². The molecule has 0 unspecified atom stereocenters. The van der Waals surface area contributed by atoms with Crippen molar-refractivity contribution in [2.75, 3.05) is 11.4 Å². The monoisotopic (exact) mass is 255 g/mol. The minimum absolute atomic E-state index is 0.00164. The van der Waals surface area contributed by atoms with Crippen LogP contribution in [0, 0.1) is 6.92 Å². The summed E-state index contributed by atoms with van der Waals surface area (Å²) in [4.78, 5) is 12.9. The molecule has 0 saturated carbocycles. The predicted octanol–water partition coefficient (Wildman–Crippen LogP) is 3.09. The maximum Gasteiger partial charge on any atom is 0.323 e. The molecule has 0 aliphatic heterocycles. The zero-order valence-electron chi connectivity index (χ0n) is 10.9. The first-order valence-corrected chi connectivity index (χ1v) is 6.22. The van der Waals surface area contributed by atoms with Crippen LogP contribution in [0.3, 0.4) is 0 Å². The SMILES string of the molecule is Cc1cccc(N(CC(=O)O)Cc2ccccc2)c1. The zero-order valence-corrected chi connectivity index (χ0v) is 10.9. The maximum atomic E-state index is 11.0. The van der Waals surface area contributed by atoms with Crippen LogP contribution in [0.15, 0.2) is 54.6 Å². The predicted molar refractivity (Wildman–Crippen MR) is 76.3 cm³/mol. The molecule has 0 fully saturated rings. The molecule has 0 saturated heterocycles. The molecule has 19 heavy (non-hydrogen) atoms. The molecule has 0 spiro atoms. The molecule has 98 valence electrons. The second-order valence-corrected chi connectivity index (χ2v) is 4.57. The van der Waals surface area contributed by atoms with Gasteiger partial charge in [0.2, 0.25) is 0 Å². The minimum atomic E-state index is -0.822. The molecule has 0 aliphatic rings. The van der Waals surface area contributed by atoms with Crippen molar-refractivity contribution in [3.63, 3.8) is 0 Å². The number of benzene rings is 2. The lowest BCUT2D eigenvalue weighted by Crippen LogP contribution is -2.29. The van der Waals surface area contributed by atoms with Crippen LogP contribution in [0.2, 0.25) is 0 Å². The Morgan fingerprint density at radius 3 is 2.47 bits per heavy atom. The van der Waals surface area contributed by atoms with Crippen LogP contribution in [0.5, 0.6) is 0 Å². The Kier molecular flexibility index (Phi) is 4.18. The van der Waals surface area contributed by atoms with E-state index in [1.54, 1.807) is 0 Å². The van der Waals surface area contributed by atoms with E-state index in [1.165, 1.54) is 0 Å². The van der Waals surface area contributed by atoms with Crippen LogP contribution < -0.4 is 4.90 Å². The number of carboxylic acids is 1. The van der Waals surface area contributed by atoms with Gasteiger partial charge in [0.25, 0.3) is 0 Å². The van der Waals surface area contributed by atoms with E-state index in [1.807, 2.05) is 66.4 Å². The van der Waals surface area contributed by atoms with Gasteiger partial charge in [-0.15, -0.1) is 0 Å². The third-order valence-corrected chi connectivity index (χ3v) is 2.91. The number of aliphatic carboxylic acids is 1. The van der Waals surface area contributed by atoms with Crippen molar-refractivity contribution in [1.29, 1.82) is 0 Å². The second-order valence-electron chi connectivity index (χ2n) is 4.57. The van der Waals surface area contributed by atoms with E-state index < -0.39 is 5.97 Å². The molecule has 0 aromatic heterocycles. The van der Waals surface area contributed by atoms with E-state index in [9.17, 15) is 4.79 Å². The largest absolute Gasteiger partial charge is 0.480 e. The molecular formula is C16H17NO2. The van der Waals surface area contributed by atoms with Gasteiger partial charge in [0.05, 0.1) is 0 Å². The van der Waals surface area contributed by atoms with E-state index in [0.29, 0.717) is 6.54 Å². The fourth-order valence-electron chi connectivity index (χ4n) is 2.03. The van der Waals surface area contributed by atoms with E-state index in [2.05, 4.69) is 0 Å². The Bertz CT molecular complexity index is 552. The van der Waals surface area contributed by atoms with Crippen molar-refractivity contribution >= 4 is 11.7 Å². The van der Waals surface area contributed by atoms with Gasteiger partial charge >= 0.3 is 5.97 Å². The molecule has 0 bridgehead atoms. The van der Waals surface area contributed by atoms with Crippen LogP contribution in [0.25, 0.3) is 0 Å². The molecule has 0 aliphatic carbocycles. The van der Waals surface area contributed by atoms with Crippen LogP contribution in [-0.4, -0.2) is 17.6 Å². The Labute approximate surface area is 113 Å². The highest BCUT2D eigenvalue weighted by atomic mass is 16.4. The van der Waals surface area contributed by atoms with Crippen molar-refractivity contribution in [3.8, 4) is 0 Å². The van der Waals surface area contributed by atoms with Crippen molar-refractivity contribution < 1.29 is 9.90 Å². The summed E-state index contributed by atoms with van der Waals surface area (Å²) in [7, 11) is 0. The number of rotatable bonds is 5. The van der Waals surface area contributed by atoms with Gasteiger partial charge in [-0.25, -0.2) is 0 Å². The summed E-state index contributed by atoms with van der Waals surface area (Å²) >= 11 is 0. The van der Waals surface area contributed by atoms with Gasteiger partial charge < -0.3 is 10.0 Å². The summed E-state index contributed by atoms with van der Waals surface area (Å²) in [5.74, 6) is -0.822. The molecular weight excluding hydrogens is 238 g/mol. The van der Waals surface area contributed by atoms with Crippen LogP contribution >= 0.6 is 0 Å². The summed E-state index contributed by atoms with van der Waals surface area (Å²) in [5.41, 5.74) is 3.16. The van der Waals surface area contributed by atoms with E-state index in [0.717, 1.165) is 16.8 Å². The number of aryl methyl sites for hydroxylation is 1. The number of nitrogens with zero attached hydrogens (tertiary/aromatic N) is 1. The lowest BCUT2D eigenvalue weighted by Gasteiger charge is -2.23. The first-order chi connectivity index (χ1) is 9.15. The first-order valence-electron chi connectivity index (χ1n) is 6.22. The fourth-order valence-corrected chi connectivity index (χ4v) is 2.03. The molecule has 3 heteroatoms. The first kappa shape index (κ1) is 13.1. The fraction of sp³-hybridized carbons (Fsp3) is 0.188. The van der Waals surface area contributed by atoms with Gasteiger partial charge in [-0.3, -0.25) is 4.79 Å². The summed E-state index contributed by atoms with van der Waals surface area (Å²) in [5, 5.41) is 9.05.